The highest BCUT2D eigenvalue weighted by Crippen LogP contribution is 2.45. The fourth-order valence-corrected chi connectivity index (χ4v) is 3.76. The van der Waals surface area contributed by atoms with Crippen molar-refractivity contribution < 1.29 is 13.9 Å². The minimum absolute atomic E-state index is 0.356. The van der Waals surface area contributed by atoms with Gasteiger partial charge in [-0.1, -0.05) is 6.07 Å². The van der Waals surface area contributed by atoms with Gasteiger partial charge in [0, 0.05) is 50.1 Å². The number of ether oxygens (including phenoxy) is 1. The molecule has 0 atom stereocenters. The van der Waals surface area contributed by atoms with Crippen LogP contribution in [0, 0.1) is 5.82 Å². The molecule has 4 rings (SSSR count). The maximum absolute atomic E-state index is 15.0. The Kier molecular flexibility index (Phi) is 3.92. The number of rotatable bonds is 3. The van der Waals surface area contributed by atoms with Crippen LogP contribution in [0.25, 0.3) is 0 Å². The van der Waals surface area contributed by atoms with E-state index in [0.29, 0.717) is 36.2 Å². The largest absolute Gasteiger partial charge is 0.450 e. The number of nitrogens with one attached hydrogen (secondary N) is 1. The Morgan fingerprint density at radius 3 is 2.88 bits per heavy atom. The fraction of sp³-hybridized carbons (Fsp3) is 0.368. The molecule has 0 aliphatic carbocycles. The van der Waals surface area contributed by atoms with Crippen LogP contribution in [-0.4, -0.2) is 31.1 Å². The zero-order valence-corrected chi connectivity index (χ0v) is 14.1. The maximum Gasteiger partial charge on any atom is 0.339 e. The van der Waals surface area contributed by atoms with E-state index in [9.17, 15) is 9.18 Å². The van der Waals surface area contributed by atoms with Crippen molar-refractivity contribution in [2.24, 2.45) is 0 Å². The Balaban J connectivity index is 1.68. The lowest BCUT2D eigenvalue weighted by molar-refractivity contribution is -0.0255. The molecule has 0 amide bonds. The molecule has 0 unspecified atom stereocenters. The zero-order chi connectivity index (χ0) is 17.4. The minimum Gasteiger partial charge on any atom is -0.450 e. The summed E-state index contributed by atoms with van der Waals surface area (Å²) in [6, 6.07) is 7.07. The first-order chi connectivity index (χ1) is 12.1. The molecule has 1 saturated heterocycles. The number of benzene rings is 1. The number of hydrogen-bond acceptors (Lipinski definition) is 5. The average Bonchev–Trinajstić information content (AvgIpc) is 2.88. The Hall–Kier alpha value is -2.47. The summed E-state index contributed by atoms with van der Waals surface area (Å²) in [7, 11) is 1.87. The number of hydrogen-bond donors (Lipinski definition) is 1. The number of carbonyl (C=O) groups is 1. The van der Waals surface area contributed by atoms with Gasteiger partial charge in [0.25, 0.3) is 0 Å². The summed E-state index contributed by atoms with van der Waals surface area (Å²) < 4.78 is 20.6. The Morgan fingerprint density at radius 2 is 2.16 bits per heavy atom. The van der Waals surface area contributed by atoms with E-state index in [2.05, 4.69) is 10.3 Å². The summed E-state index contributed by atoms with van der Waals surface area (Å²) in [4.78, 5) is 18.4. The van der Waals surface area contributed by atoms with Crippen molar-refractivity contribution >= 4 is 11.7 Å². The molecule has 130 valence electrons. The maximum atomic E-state index is 15.0. The van der Waals surface area contributed by atoms with Crippen molar-refractivity contribution in [3.8, 4) is 0 Å². The van der Waals surface area contributed by atoms with Crippen molar-refractivity contribution in [3.63, 3.8) is 0 Å². The van der Waals surface area contributed by atoms with E-state index in [1.54, 1.807) is 18.5 Å². The van der Waals surface area contributed by atoms with Crippen LogP contribution in [-0.2, 0) is 16.9 Å². The van der Waals surface area contributed by atoms with Crippen LogP contribution in [0.1, 0.15) is 34.3 Å². The molecule has 1 aromatic carbocycles. The van der Waals surface area contributed by atoms with Crippen LogP contribution in [0.2, 0.25) is 0 Å². The third-order valence-electron chi connectivity index (χ3n) is 5.03. The van der Waals surface area contributed by atoms with E-state index in [0.717, 1.165) is 18.7 Å². The van der Waals surface area contributed by atoms with Crippen LogP contribution >= 0.6 is 0 Å². The number of fused-ring (bicyclic) bond motifs is 2. The van der Waals surface area contributed by atoms with Crippen LogP contribution in [0.3, 0.4) is 0 Å². The van der Waals surface area contributed by atoms with Gasteiger partial charge in [0.05, 0.1) is 5.56 Å². The van der Waals surface area contributed by atoms with E-state index in [4.69, 9.17) is 4.74 Å². The fourth-order valence-electron chi connectivity index (χ4n) is 3.76. The molecule has 2 aromatic rings. The number of halogens is 1. The molecule has 5 nitrogen and oxygen atoms in total. The Morgan fingerprint density at radius 1 is 1.36 bits per heavy atom. The number of pyridine rings is 1. The summed E-state index contributed by atoms with van der Waals surface area (Å²) in [5, 5.41) is 3.23. The summed E-state index contributed by atoms with van der Waals surface area (Å²) >= 11 is 0. The van der Waals surface area contributed by atoms with Gasteiger partial charge in [-0.3, -0.25) is 4.98 Å². The van der Waals surface area contributed by atoms with Crippen LogP contribution < -0.4 is 10.2 Å². The van der Waals surface area contributed by atoms with Gasteiger partial charge < -0.3 is 15.0 Å². The van der Waals surface area contributed by atoms with Crippen molar-refractivity contribution in [2.75, 3.05) is 25.0 Å². The van der Waals surface area contributed by atoms with Crippen LogP contribution in [0.15, 0.2) is 36.7 Å². The van der Waals surface area contributed by atoms with Gasteiger partial charge in [0.1, 0.15) is 11.4 Å². The average molecular weight is 341 g/mol. The molecule has 0 bridgehead atoms. The van der Waals surface area contributed by atoms with Crippen LogP contribution in [0.4, 0.5) is 10.1 Å². The van der Waals surface area contributed by atoms with Gasteiger partial charge in [-0.05, 0) is 36.9 Å². The van der Waals surface area contributed by atoms with E-state index in [1.807, 2.05) is 24.1 Å². The van der Waals surface area contributed by atoms with Gasteiger partial charge in [0.15, 0.2) is 0 Å². The van der Waals surface area contributed by atoms with Gasteiger partial charge in [0.2, 0.25) is 0 Å². The summed E-state index contributed by atoms with van der Waals surface area (Å²) in [6.45, 7) is 2.01. The first-order valence-corrected chi connectivity index (χ1v) is 8.47. The molecule has 3 heterocycles. The van der Waals surface area contributed by atoms with Gasteiger partial charge in [-0.25, -0.2) is 9.18 Å². The van der Waals surface area contributed by atoms with Gasteiger partial charge in [-0.15, -0.1) is 0 Å². The Labute approximate surface area is 145 Å². The predicted molar refractivity (Wildman–Crippen MR) is 91.9 cm³/mol. The standard InChI is InChI=1S/C19H20FN3O2/c1-23(12-13-3-2-6-22-11-13)14-9-15-17(16(20)10-14)19(25-18(15)24)4-7-21-8-5-19/h2-3,6,9-11,21H,4-5,7-8,12H2,1H3. The number of esters is 1. The van der Waals surface area contributed by atoms with Crippen molar-refractivity contribution in [2.45, 2.75) is 25.0 Å². The first kappa shape index (κ1) is 16.0. The lowest BCUT2D eigenvalue weighted by Gasteiger charge is -2.33. The normalized spacial score (nSPS) is 18.1. The minimum atomic E-state index is -0.803. The van der Waals surface area contributed by atoms with E-state index in [-0.39, 0.29) is 5.82 Å². The Bertz CT molecular complexity index is 804. The molecule has 1 aromatic heterocycles. The number of nitrogens with zero attached hydrogens (tertiary/aromatic N) is 2. The molecule has 1 spiro atoms. The number of aromatic nitrogens is 1. The number of piperidine rings is 1. The molecule has 1 N–H and O–H groups in total. The quantitative estimate of drug-likeness (QED) is 0.870. The monoisotopic (exact) mass is 341 g/mol. The smallest absolute Gasteiger partial charge is 0.339 e. The SMILES string of the molecule is CN(Cc1cccnc1)c1cc(F)c2c(c1)C(=O)OC21CCNCC1. The summed E-state index contributed by atoms with van der Waals surface area (Å²) in [5.74, 6) is -0.786. The second kappa shape index (κ2) is 6.11. The molecular weight excluding hydrogens is 321 g/mol. The van der Waals surface area contributed by atoms with Crippen molar-refractivity contribution in [3.05, 3.63) is 59.2 Å². The third kappa shape index (κ3) is 2.76. The van der Waals surface area contributed by atoms with E-state index >= 15 is 0 Å². The number of carbonyl (C=O) groups excluding carboxylic acids is 1. The second-order valence-corrected chi connectivity index (χ2v) is 6.70. The lowest BCUT2D eigenvalue weighted by atomic mass is 9.84. The molecule has 6 heteroatoms. The molecule has 1 fully saturated rings. The highest BCUT2D eigenvalue weighted by atomic mass is 19.1. The van der Waals surface area contributed by atoms with E-state index in [1.165, 1.54) is 6.07 Å². The van der Waals surface area contributed by atoms with Crippen LogP contribution in [0.5, 0.6) is 0 Å². The van der Waals surface area contributed by atoms with E-state index < -0.39 is 11.6 Å². The lowest BCUT2D eigenvalue weighted by Crippen LogP contribution is -2.40. The zero-order valence-electron chi connectivity index (χ0n) is 14.1. The molecule has 2 aliphatic heterocycles. The highest BCUT2D eigenvalue weighted by Gasteiger charge is 2.48. The summed E-state index contributed by atoms with van der Waals surface area (Å²) in [5.41, 5.74) is 1.65. The predicted octanol–water partition coefficient (Wildman–Crippen LogP) is 2.61. The molecule has 25 heavy (non-hydrogen) atoms. The molecule has 0 saturated carbocycles. The molecule has 0 radical (unpaired) electrons. The number of anilines is 1. The van der Waals surface area contributed by atoms with Crippen molar-refractivity contribution in [1.29, 1.82) is 0 Å². The third-order valence-corrected chi connectivity index (χ3v) is 5.03. The van der Waals surface area contributed by atoms with Crippen molar-refractivity contribution in [1.82, 2.24) is 10.3 Å². The molecular formula is C19H20FN3O2. The topological polar surface area (TPSA) is 54.5 Å². The second-order valence-electron chi connectivity index (χ2n) is 6.70. The van der Waals surface area contributed by atoms with Gasteiger partial charge in [-0.2, -0.15) is 0 Å². The first-order valence-electron chi connectivity index (χ1n) is 8.47. The molecule has 2 aliphatic rings. The van der Waals surface area contributed by atoms with Gasteiger partial charge >= 0.3 is 5.97 Å². The highest BCUT2D eigenvalue weighted by molar-refractivity contribution is 5.96. The summed E-state index contributed by atoms with van der Waals surface area (Å²) in [6.07, 6.45) is 4.70.